The molecule has 1 aliphatic heterocycles. The number of anilines is 1. The summed E-state index contributed by atoms with van der Waals surface area (Å²) in [6.07, 6.45) is 4.00. The molecule has 0 radical (unpaired) electrons. The van der Waals surface area contributed by atoms with Gasteiger partial charge >= 0.3 is 5.97 Å². The van der Waals surface area contributed by atoms with Crippen molar-refractivity contribution in [2.75, 3.05) is 30.4 Å². The maximum absolute atomic E-state index is 12.8. The van der Waals surface area contributed by atoms with Crippen LogP contribution in [0.5, 0.6) is 0 Å². The number of ether oxygens (including phenoxy) is 1. The summed E-state index contributed by atoms with van der Waals surface area (Å²) in [4.78, 5) is 24.8. The molecule has 2 aromatic rings. The molecule has 1 unspecified atom stereocenters. The van der Waals surface area contributed by atoms with Gasteiger partial charge in [-0.3, -0.25) is 9.80 Å². The van der Waals surface area contributed by atoms with Crippen LogP contribution in [-0.4, -0.2) is 53.8 Å². The van der Waals surface area contributed by atoms with Crippen molar-refractivity contribution in [1.29, 1.82) is 0 Å². The van der Waals surface area contributed by atoms with E-state index in [9.17, 15) is 9.59 Å². The van der Waals surface area contributed by atoms with Crippen LogP contribution in [0.15, 0.2) is 53.6 Å². The predicted molar refractivity (Wildman–Crippen MR) is 141 cm³/mol. The average molecular weight is 502 g/mol. The molecular formula is C26H32ClN3O3S. The van der Waals surface area contributed by atoms with Crippen LogP contribution >= 0.6 is 23.4 Å². The lowest BCUT2D eigenvalue weighted by molar-refractivity contribution is -0.117. The van der Waals surface area contributed by atoms with Crippen LogP contribution in [0.2, 0.25) is 5.02 Å². The second-order valence-corrected chi connectivity index (χ2v) is 10.4. The van der Waals surface area contributed by atoms with Crippen molar-refractivity contribution in [1.82, 2.24) is 5.01 Å². The molecule has 3 rings (SSSR count). The molecule has 0 saturated heterocycles. The Hall–Kier alpha value is -2.51. The van der Waals surface area contributed by atoms with Crippen LogP contribution in [0, 0.1) is 5.41 Å². The summed E-state index contributed by atoms with van der Waals surface area (Å²) in [6.45, 7) is 6.64. The first-order chi connectivity index (χ1) is 16.2. The summed E-state index contributed by atoms with van der Waals surface area (Å²) in [5, 5.41) is 10.3. The number of nitrogens with one attached hydrogen (secondary N) is 1. The number of benzene rings is 2. The molecule has 2 aromatic carbocycles. The number of esters is 1. The van der Waals surface area contributed by atoms with Crippen LogP contribution < -0.4 is 5.32 Å². The van der Waals surface area contributed by atoms with Crippen molar-refractivity contribution >= 4 is 46.6 Å². The highest BCUT2D eigenvalue weighted by Gasteiger charge is 2.39. The van der Waals surface area contributed by atoms with Crippen LogP contribution in [0.25, 0.3) is 0 Å². The van der Waals surface area contributed by atoms with Gasteiger partial charge in [0.05, 0.1) is 17.4 Å². The first-order valence-electron chi connectivity index (χ1n) is 11.4. The molecule has 8 heteroatoms. The van der Waals surface area contributed by atoms with Gasteiger partial charge in [0.2, 0.25) is 5.91 Å². The Kier molecular flexibility index (Phi) is 9.03. The SMILES string of the molecule is CSCCCC1(C)CN(CC(=O)Nc2ccc(C(=O)OC(C)C)cc2)N=C1c1ccc(Cl)cc1. The standard InChI is InChI=1S/C26H32ClN3O3S/c1-18(2)33-25(32)20-8-12-22(13-9-20)28-23(31)16-30-17-26(3,14-5-15-34-4)24(29-30)19-6-10-21(27)11-7-19/h6-13,18H,5,14-17H2,1-4H3,(H,28,31). The minimum absolute atomic E-state index is 0.145. The number of hydrogen-bond acceptors (Lipinski definition) is 6. The molecule has 0 aromatic heterocycles. The van der Waals surface area contributed by atoms with Crippen molar-refractivity contribution in [3.8, 4) is 0 Å². The van der Waals surface area contributed by atoms with Gasteiger partial charge in [0.1, 0.15) is 6.54 Å². The Morgan fingerprint density at radius 3 is 2.47 bits per heavy atom. The molecule has 6 nitrogen and oxygen atoms in total. The molecule has 0 aliphatic carbocycles. The summed E-state index contributed by atoms with van der Waals surface area (Å²) in [5.74, 6) is 0.546. The highest BCUT2D eigenvalue weighted by atomic mass is 35.5. The van der Waals surface area contributed by atoms with Crippen LogP contribution in [0.4, 0.5) is 5.69 Å². The number of amides is 1. The number of rotatable bonds is 10. The van der Waals surface area contributed by atoms with Gasteiger partial charge in [0.25, 0.3) is 0 Å². The lowest BCUT2D eigenvalue weighted by Gasteiger charge is -2.26. The van der Waals surface area contributed by atoms with E-state index in [2.05, 4.69) is 18.5 Å². The maximum Gasteiger partial charge on any atom is 0.338 e. The second-order valence-electron chi connectivity index (χ2n) is 9.01. The van der Waals surface area contributed by atoms with E-state index in [-0.39, 0.29) is 29.9 Å². The van der Waals surface area contributed by atoms with Gasteiger partial charge in [-0.15, -0.1) is 0 Å². The highest BCUT2D eigenvalue weighted by Crippen LogP contribution is 2.36. The van der Waals surface area contributed by atoms with Gasteiger partial charge in [0, 0.05) is 22.7 Å². The maximum atomic E-state index is 12.8. The number of halogens is 1. The summed E-state index contributed by atoms with van der Waals surface area (Å²) in [5.41, 5.74) is 2.94. The number of carbonyl (C=O) groups is 2. The van der Waals surface area contributed by atoms with E-state index < -0.39 is 0 Å². The minimum Gasteiger partial charge on any atom is -0.459 e. The van der Waals surface area contributed by atoms with E-state index in [4.69, 9.17) is 21.4 Å². The summed E-state index contributed by atoms with van der Waals surface area (Å²) in [6, 6.07) is 14.4. The van der Waals surface area contributed by atoms with Crippen molar-refractivity contribution in [2.45, 2.75) is 39.7 Å². The quantitative estimate of drug-likeness (QED) is 0.333. The number of nitrogens with zero attached hydrogens (tertiary/aromatic N) is 2. The molecule has 1 aliphatic rings. The first kappa shape index (κ1) is 26.1. The molecule has 182 valence electrons. The molecule has 0 bridgehead atoms. The van der Waals surface area contributed by atoms with Gasteiger partial charge in [-0.1, -0.05) is 30.7 Å². The van der Waals surface area contributed by atoms with Gasteiger partial charge in [0.15, 0.2) is 0 Å². The topological polar surface area (TPSA) is 71.0 Å². The number of hydrazone groups is 1. The van der Waals surface area contributed by atoms with Gasteiger partial charge < -0.3 is 10.1 Å². The molecular weight excluding hydrogens is 470 g/mol. The minimum atomic E-state index is -0.380. The largest absolute Gasteiger partial charge is 0.459 e. The van der Waals surface area contributed by atoms with Crippen molar-refractivity contribution in [3.63, 3.8) is 0 Å². The third-order valence-electron chi connectivity index (χ3n) is 5.61. The van der Waals surface area contributed by atoms with E-state index in [0.29, 0.717) is 22.8 Å². The number of thioether (sulfide) groups is 1. The Morgan fingerprint density at radius 2 is 1.85 bits per heavy atom. The third-order valence-corrected chi connectivity index (χ3v) is 6.56. The molecule has 0 spiro atoms. The van der Waals surface area contributed by atoms with Crippen LogP contribution in [0.1, 0.15) is 49.5 Å². The zero-order valence-electron chi connectivity index (χ0n) is 20.1. The predicted octanol–water partition coefficient (Wildman–Crippen LogP) is 5.71. The van der Waals surface area contributed by atoms with Crippen molar-refractivity contribution in [2.24, 2.45) is 10.5 Å². The average Bonchev–Trinajstić information content (AvgIpc) is 3.10. The smallest absolute Gasteiger partial charge is 0.338 e. The van der Waals surface area contributed by atoms with E-state index in [1.807, 2.05) is 41.0 Å². The fraction of sp³-hybridized carbons (Fsp3) is 0.423. The highest BCUT2D eigenvalue weighted by molar-refractivity contribution is 7.98. The van der Waals surface area contributed by atoms with Gasteiger partial charge in [-0.05, 0) is 80.7 Å². The van der Waals surface area contributed by atoms with Crippen LogP contribution in [0.3, 0.4) is 0 Å². The summed E-state index contributed by atoms with van der Waals surface area (Å²) >= 11 is 7.92. The van der Waals surface area contributed by atoms with Gasteiger partial charge in [-0.2, -0.15) is 16.9 Å². The van der Waals surface area contributed by atoms with E-state index in [1.165, 1.54) is 0 Å². The van der Waals surface area contributed by atoms with Crippen molar-refractivity contribution in [3.05, 3.63) is 64.7 Å². The van der Waals surface area contributed by atoms with Crippen LogP contribution in [-0.2, 0) is 9.53 Å². The Morgan fingerprint density at radius 1 is 1.18 bits per heavy atom. The molecule has 34 heavy (non-hydrogen) atoms. The van der Waals surface area contributed by atoms with E-state index >= 15 is 0 Å². The monoisotopic (exact) mass is 501 g/mol. The molecule has 0 fully saturated rings. The normalized spacial score (nSPS) is 17.6. The Bertz CT molecular complexity index is 1020. The Balaban J connectivity index is 1.67. The van der Waals surface area contributed by atoms with Gasteiger partial charge in [-0.25, -0.2) is 4.79 Å². The third kappa shape index (κ3) is 7.00. The second kappa shape index (κ2) is 11.8. The van der Waals surface area contributed by atoms with E-state index in [0.717, 1.165) is 29.9 Å². The first-order valence-corrected chi connectivity index (χ1v) is 13.2. The molecule has 1 heterocycles. The summed E-state index contributed by atoms with van der Waals surface area (Å²) < 4.78 is 5.20. The molecule has 0 saturated carbocycles. The lowest BCUT2D eigenvalue weighted by Crippen LogP contribution is -2.34. The fourth-order valence-electron chi connectivity index (χ4n) is 4.02. The summed E-state index contributed by atoms with van der Waals surface area (Å²) in [7, 11) is 0. The number of hydrogen-bond donors (Lipinski definition) is 1. The zero-order chi connectivity index (χ0) is 24.7. The zero-order valence-corrected chi connectivity index (χ0v) is 21.7. The van der Waals surface area contributed by atoms with Crippen molar-refractivity contribution < 1.29 is 14.3 Å². The molecule has 1 amide bonds. The Labute approximate surface area is 211 Å². The molecule has 1 N–H and O–H groups in total. The van der Waals surface area contributed by atoms with E-state index in [1.54, 1.807) is 38.1 Å². The lowest BCUT2D eigenvalue weighted by atomic mass is 9.78. The molecule has 1 atom stereocenters. The fourth-order valence-corrected chi connectivity index (χ4v) is 4.58. The number of carbonyl (C=O) groups excluding carboxylic acids is 2.